The Morgan fingerprint density at radius 1 is 1.53 bits per heavy atom. The summed E-state index contributed by atoms with van der Waals surface area (Å²) in [4.78, 5) is 0. The van der Waals surface area contributed by atoms with Crippen molar-refractivity contribution in [1.82, 2.24) is 9.78 Å². The van der Waals surface area contributed by atoms with Crippen molar-refractivity contribution in [1.29, 1.82) is 0 Å². The van der Waals surface area contributed by atoms with Crippen LogP contribution in [0, 0.1) is 0 Å². The van der Waals surface area contributed by atoms with Crippen LogP contribution in [0.2, 0.25) is 0 Å². The van der Waals surface area contributed by atoms with Crippen molar-refractivity contribution in [3.63, 3.8) is 0 Å². The lowest BCUT2D eigenvalue weighted by molar-refractivity contribution is 0.716. The molecule has 2 rings (SSSR count). The Morgan fingerprint density at radius 3 is 2.73 bits per heavy atom. The predicted molar refractivity (Wildman–Crippen MR) is 69.0 cm³/mol. The minimum absolute atomic E-state index is 0.178. The summed E-state index contributed by atoms with van der Waals surface area (Å²) in [5.41, 5.74) is 8.06. The number of rotatable bonds is 2. The Kier molecular flexibility index (Phi) is 3.30. The van der Waals surface area contributed by atoms with Crippen molar-refractivity contribution < 1.29 is 0 Å². The van der Waals surface area contributed by atoms with Gasteiger partial charge in [-0.2, -0.15) is 5.10 Å². The fraction of sp³-hybridized carbons (Fsp3) is 0.222. The molecule has 2 aromatic rings. The maximum Gasteiger partial charge on any atom is 0.0837 e. The number of nitrogens with zero attached hydrogens (tertiary/aromatic N) is 2. The highest BCUT2D eigenvalue weighted by molar-refractivity contribution is 9.12. The van der Waals surface area contributed by atoms with E-state index in [1.807, 2.05) is 25.4 Å². The van der Waals surface area contributed by atoms with Gasteiger partial charge in [0.05, 0.1) is 19.3 Å². The number of aryl methyl sites for hydroxylation is 1. The Balaban J connectivity index is 2.35. The minimum atomic E-state index is -0.178. The van der Waals surface area contributed by atoms with E-state index in [1.165, 1.54) is 0 Å². The molecule has 2 aromatic heterocycles. The van der Waals surface area contributed by atoms with Gasteiger partial charge in [0.1, 0.15) is 0 Å². The van der Waals surface area contributed by atoms with Crippen molar-refractivity contribution in [2.24, 2.45) is 12.8 Å². The first kappa shape index (κ1) is 11.3. The molecule has 3 nitrogen and oxygen atoms in total. The average Bonchev–Trinajstić information content (AvgIpc) is 2.71. The van der Waals surface area contributed by atoms with Gasteiger partial charge in [0, 0.05) is 18.8 Å². The molecule has 0 saturated heterocycles. The molecule has 0 aliphatic carbocycles. The highest BCUT2D eigenvalue weighted by atomic mass is 79.9. The van der Waals surface area contributed by atoms with Gasteiger partial charge in [-0.3, -0.25) is 4.68 Å². The van der Waals surface area contributed by atoms with E-state index < -0.39 is 0 Å². The van der Waals surface area contributed by atoms with Gasteiger partial charge < -0.3 is 5.73 Å². The largest absolute Gasteiger partial charge is 0.319 e. The maximum absolute atomic E-state index is 6.12. The molecule has 0 aromatic carbocycles. The number of halogens is 2. The fourth-order valence-corrected chi connectivity index (χ4v) is 4.25. The normalized spacial score (nSPS) is 13.1. The quantitative estimate of drug-likeness (QED) is 0.904. The van der Waals surface area contributed by atoms with Crippen LogP contribution in [0.25, 0.3) is 0 Å². The summed E-state index contributed by atoms with van der Waals surface area (Å²) in [6, 6.07) is 3.78. The van der Waals surface area contributed by atoms with E-state index in [0.717, 1.165) is 18.8 Å². The van der Waals surface area contributed by atoms with E-state index in [2.05, 4.69) is 37.0 Å². The van der Waals surface area contributed by atoms with E-state index in [-0.39, 0.29) is 6.04 Å². The maximum atomic E-state index is 6.12. The Hall–Kier alpha value is -0.170. The summed E-state index contributed by atoms with van der Waals surface area (Å²) >= 11 is 8.55. The molecule has 1 unspecified atom stereocenters. The summed E-state index contributed by atoms with van der Waals surface area (Å²) < 4.78 is 3.87. The van der Waals surface area contributed by atoms with Gasteiger partial charge in [0.2, 0.25) is 0 Å². The lowest BCUT2D eigenvalue weighted by atomic mass is 10.1. The molecule has 0 aliphatic heterocycles. The third-order valence-electron chi connectivity index (χ3n) is 2.07. The Morgan fingerprint density at radius 2 is 2.27 bits per heavy atom. The lowest BCUT2D eigenvalue weighted by Crippen LogP contribution is -2.12. The van der Waals surface area contributed by atoms with Crippen molar-refractivity contribution in [3.05, 3.63) is 37.2 Å². The molecule has 80 valence electrons. The number of nitrogens with two attached hydrogens (primary N) is 1. The molecule has 0 saturated carbocycles. The van der Waals surface area contributed by atoms with E-state index in [9.17, 15) is 0 Å². The van der Waals surface area contributed by atoms with Gasteiger partial charge in [-0.25, -0.2) is 0 Å². The standard InChI is InChI=1S/C9H9Br2N3S/c1-14-3-2-6(13-14)8(12)5-4-7(10)15-9(5)11/h2-4,8H,12H2,1H3. The first-order valence-corrected chi connectivity index (χ1v) is 6.68. The highest BCUT2D eigenvalue weighted by Crippen LogP contribution is 2.36. The topological polar surface area (TPSA) is 43.8 Å². The third-order valence-corrected chi connectivity index (χ3v) is 4.46. The van der Waals surface area contributed by atoms with Gasteiger partial charge in [0.15, 0.2) is 0 Å². The average molecular weight is 351 g/mol. The van der Waals surface area contributed by atoms with Crippen LogP contribution in [0.15, 0.2) is 25.9 Å². The zero-order valence-corrected chi connectivity index (χ0v) is 11.9. The van der Waals surface area contributed by atoms with Gasteiger partial charge in [-0.05, 0) is 44.0 Å². The second-order valence-corrected chi connectivity index (χ2v) is 6.92. The predicted octanol–water partition coefficient (Wildman–Crippen LogP) is 3.05. The smallest absolute Gasteiger partial charge is 0.0837 e. The van der Waals surface area contributed by atoms with Crippen LogP contribution in [0.3, 0.4) is 0 Å². The van der Waals surface area contributed by atoms with Crippen LogP contribution < -0.4 is 5.73 Å². The second-order valence-electron chi connectivity index (χ2n) is 3.17. The molecule has 0 fully saturated rings. The molecular weight excluding hydrogens is 342 g/mol. The van der Waals surface area contributed by atoms with Crippen LogP contribution in [-0.4, -0.2) is 9.78 Å². The zero-order chi connectivity index (χ0) is 11.0. The Bertz CT molecular complexity index is 477. The Labute approximate surface area is 109 Å². The minimum Gasteiger partial charge on any atom is -0.319 e. The van der Waals surface area contributed by atoms with Crippen LogP contribution >= 0.6 is 43.2 Å². The van der Waals surface area contributed by atoms with Crippen LogP contribution in [0.5, 0.6) is 0 Å². The molecule has 0 amide bonds. The van der Waals surface area contributed by atoms with E-state index in [1.54, 1.807) is 16.0 Å². The highest BCUT2D eigenvalue weighted by Gasteiger charge is 2.16. The molecule has 6 heteroatoms. The molecular formula is C9H9Br2N3S. The van der Waals surface area contributed by atoms with Crippen molar-refractivity contribution in [2.75, 3.05) is 0 Å². The molecule has 0 aliphatic rings. The molecule has 15 heavy (non-hydrogen) atoms. The molecule has 1 atom stereocenters. The van der Waals surface area contributed by atoms with E-state index >= 15 is 0 Å². The van der Waals surface area contributed by atoms with Gasteiger partial charge in [-0.1, -0.05) is 0 Å². The molecule has 2 heterocycles. The summed E-state index contributed by atoms with van der Waals surface area (Å²) in [5, 5.41) is 4.30. The summed E-state index contributed by atoms with van der Waals surface area (Å²) in [5.74, 6) is 0. The molecule has 0 bridgehead atoms. The summed E-state index contributed by atoms with van der Waals surface area (Å²) in [6.45, 7) is 0. The van der Waals surface area contributed by atoms with E-state index in [4.69, 9.17) is 5.73 Å². The number of hydrogen-bond acceptors (Lipinski definition) is 3. The number of thiophene rings is 1. The number of aromatic nitrogens is 2. The van der Waals surface area contributed by atoms with Crippen LogP contribution in [-0.2, 0) is 7.05 Å². The number of hydrogen-bond donors (Lipinski definition) is 1. The monoisotopic (exact) mass is 349 g/mol. The second kappa shape index (κ2) is 4.37. The van der Waals surface area contributed by atoms with Gasteiger partial charge in [0.25, 0.3) is 0 Å². The first-order valence-electron chi connectivity index (χ1n) is 4.28. The summed E-state index contributed by atoms with van der Waals surface area (Å²) in [7, 11) is 1.88. The molecule has 0 spiro atoms. The van der Waals surface area contributed by atoms with Crippen molar-refractivity contribution in [3.8, 4) is 0 Å². The van der Waals surface area contributed by atoms with Crippen molar-refractivity contribution >= 4 is 43.2 Å². The third kappa shape index (κ3) is 2.33. The molecule has 2 N–H and O–H groups in total. The van der Waals surface area contributed by atoms with Gasteiger partial charge in [-0.15, -0.1) is 11.3 Å². The lowest BCUT2D eigenvalue weighted by Gasteiger charge is -2.06. The van der Waals surface area contributed by atoms with Crippen LogP contribution in [0.1, 0.15) is 17.3 Å². The SMILES string of the molecule is Cn1ccc(C(N)c2cc(Br)sc2Br)n1. The first-order chi connectivity index (χ1) is 7.08. The zero-order valence-electron chi connectivity index (χ0n) is 7.95. The van der Waals surface area contributed by atoms with Gasteiger partial charge >= 0.3 is 0 Å². The molecule has 0 radical (unpaired) electrons. The van der Waals surface area contributed by atoms with E-state index in [0.29, 0.717) is 0 Å². The van der Waals surface area contributed by atoms with Crippen molar-refractivity contribution in [2.45, 2.75) is 6.04 Å². The fourth-order valence-electron chi connectivity index (χ4n) is 1.32. The summed E-state index contributed by atoms with van der Waals surface area (Å²) in [6.07, 6.45) is 1.89. The van der Waals surface area contributed by atoms with Crippen LogP contribution in [0.4, 0.5) is 0 Å².